The maximum atomic E-state index is 6.56. The highest BCUT2D eigenvalue weighted by Crippen LogP contribution is 2.54. The lowest BCUT2D eigenvalue weighted by Gasteiger charge is -2.23. The van der Waals surface area contributed by atoms with Crippen LogP contribution in [0.3, 0.4) is 0 Å². The third kappa shape index (κ3) is 4.78. The zero-order valence-electron chi connectivity index (χ0n) is 34.9. The molecule has 0 spiro atoms. The van der Waals surface area contributed by atoms with Gasteiger partial charge in [-0.25, -0.2) is 0 Å². The van der Waals surface area contributed by atoms with Crippen molar-refractivity contribution in [1.82, 2.24) is 4.57 Å². The second-order valence-electron chi connectivity index (χ2n) is 18.0. The average Bonchev–Trinajstić information content (AvgIpc) is 3.93. The largest absolute Gasteiger partial charge is 0.456 e. The van der Waals surface area contributed by atoms with Crippen molar-refractivity contribution in [2.45, 2.75) is 19.3 Å². The van der Waals surface area contributed by atoms with E-state index in [1.54, 1.807) is 0 Å². The minimum absolute atomic E-state index is 0.161. The summed E-state index contributed by atoms with van der Waals surface area (Å²) in [7, 11) is 0. The zero-order valence-corrected chi connectivity index (χ0v) is 34.9. The fraction of sp³-hybridized carbons (Fsp3) is 0.0492. The van der Waals surface area contributed by atoms with E-state index in [0.717, 1.165) is 21.9 Å². The lowest BCUT2D eigenvalue weighted by molar-refractivity contribution is 0.664. The number of aromatic nitrogens is 1. The van der Waals surface area contributed by atoms with E-state index in [1.165, 1.54) is 115 Å². The van der Waals surface area contributed by atoms with Gasteiger partial charge in [0, 0.05) is 32.6 Å². The number of furan rings is 1. The van der Waals surface area contributed by atoms with Gasteiger partial charge in [0.25, 0.3) is 0 Å². The highest BCUT2D eigenvalue weighted by atomic mass is 16.3. The standard InChI is InChI=1S/C61H39NO/c1-61(2)53-23-13-12-18-43(53)48-26-27-49-50-32-38(24-28-54(50)62(60(49)59(48)61)42-16-4-3-5-17-42)57-44-19-8-10-21-46(44)58(47-22-11-9-20-45(47)57)39-25-29-55-51(33-39)52-34-40-30-36-14-6-7-15-37(36)31-41(40)35-56(52)63-55/h3-35H,1-2H3. The molecule has 2 heterocycles. The third-order valence-corrected chi connectivity index (χ3v) is 14.3. The quantitative estimate of drug-likeness (QED) is 0.163. The van der Waals surface area contributed by atoms with Crippen LogP contribution in [0, 0.1) is 0 Å². The highest BCUT2D eigenvalue weighted by Gasteiger charge is 2.38. The van der Waals surface area contributed by atoms with Crippen LogP contribution < -0.4 is 0 Å². The van der Waals surface area contributed by atoms with E-state index in [2.05, 4.69) is 219 Å². The van der Waals surface area contributed by atoms with Gasteiger partial charge in [0.2, 0.25) is 0 Å². The van der Waals surface area contributed by atoms with E-state index < -0.39 is 0 Å². The van der Waals surface area contributed by atoms with E-state index in [1.807, 2.05) is 0 Å². The fourth-order valence-corrected chi connectivity index (χ4v) is 11.5. The van der Waals surface area contributed by atoms with Crippen LogP contribution >= 0.6 is 0 Å². The Bertz CT molecular complexity index is 4050. The molecule has 13 aromatic rings. The van der Waals surface area contributed by atoms with E-state index >= 15 is 0 Å². The number of rotatable bonds is 3. The molecule has 0 saturated heterocycles. The molecule has 0 aliphatic heterocycles. The van der Waals surface area contributed by atoms with Gasteiger partial charge in [-0.05, 0) is 148 Å². The van der Waals surface area contributed by atoms with Gasteiger partial charge in [0.1, 0.15) is 11.2 Å². The number of benzene rings is 11. The van der Waals surface area contributed by atoms with E-state index in [9.17, 15) is 0 Å². The number of nitrogens with zero attached hydrogens (tertiary/aromatic N) is 1. The molecule has 0 fully saturated rings. The molecule has 2 heteroatoms. The van der Waals surface area contributed by atoms with Crippen molar-refractivity contribution in [2.75, 3.05) is 0 Å². The molecule has 0 amide bonds. The Kier molecular flexibility index (Phi) is 6.93. The van der Waals surface area contributed by atoms with Crippen LogP contribution in [0.2, 0.25) is 0 Å². The summed E-state index contributed by atoms with van der Waals surface area (Å²) < 4.78 is 9.08. The van der Waals surface area contributed by atoms with Gasteiger partial charge in [-0.1, -0.05) is 153 Å². The summed E-state index contributed by atoms with van der Waals surface area (Å²) in [6, 6.07) is 74.2. The number of hydrogen-bond acceptors (Lipinski definition) is 1. The van der Waals surface area contributed by atoms with Gasteiger partial charge in [-0.15, -0.1) is 0 Å². The lowest BCUT2D eigenvalue weighted by Crippen LogP contribution is -2.16. The van der Waals surface area contributed by atoms with Crippen molar-refractivity contribution in [3.63, 3.8) is 0 Å². The SMILES string of the molecule is CC1(C)c2ccccc2-c2ccc3c4cc(-c5c6ccccc6c(-c6ccc7oc8cc9cc%10ccccc%10cc9cc8c7c6)c6ccccc56)ccc4n(-c4ccccc4)c3c21. The van der Waals surface area contributed by atoms with Crippen molar-refractivity contribution in [3.8, 4) is 39.1 Å². The van der Waals surface area contributed by atoms with Crippen molar-refractivity contribution in [1.29, 1.82) is 0 Å². The Balaban J connectivity index is 1.01. The maximum Gasteiger partial charge on any atom is 0.136 e. The van der Waals surface area contributed by atoms with Gasteiger partial charge in [0.15, 0.2) is 0 Å². The Hall–Kier alpha value is -7.94. The summed E-state index contributed by atoms with van der Waals surface area (Å²) in [5, 5.41) is 14.7. The normalized spacial score (nSPS) is 13.4. The molecule has 2 aromatic heterocycles. The van der Waals surface area contributed by atoms with Crippen LogP contribution in [0.15, 0.2) is 205 Å². The molecule has 63 heavy (non-hydrogen) atoms. The first-order valence-corrected chi connectivity index (χ1v) is 22.0. The molecule has 0 bridgehead atoms. The van der Waals surface area contributed by atoms with Gasteiger partial charge in [0.05, 0.1) is 11.0 Å². The molecule has 0 radical (unpaired) electrons. The molecule has 0 unspecified atom stereocenters. The Morgan fingerprint density at radius 1 is 0.381 bits per heavy atom. The Labute approximate surface area is 363 Å². The predicted octanol–water partition coefficient (Wildman–Crippen LogP) is 16.9. The van der Waals surface area contributed by atoms with Crippen molar-refractivity contribution in [3.05, 3.63) is 211 Å². The van der Waals surface area contributed by atoms with Gasteiger partial charge in [-0.2, -0.15) is 0 Å². The molecule has 0 saturated carbocycles. The Morgan fingerprint density at radius 3 is 1.65 bits per heavy atom. The summed E-state index contributed by atoms with van der Waals surface area (Å²) >= 11 is 0. The summed E-state index contributed by atoms with van der Waals surface area (Å²) in [6.07, 6.45) is 0. The third-order valence-electron chi connectivity index (χ3n) is 14.3. The Morgan fingerprint density at radius 2 is 0.952 bits per heavy atom. The van der Waals surface area contributed by atoms with Crippen LogP contribution in [-0.2, 0) is 5.41 Å². The molecule has 1 aliphatic carbocycles. The second-order valence-corrected chi connectivity index (χ2v) is 18.0. The molecule has 1 aliphatic rings. The van der Waals surface area contributed by atoms with E-state index in [4.69, 9.17) is 4.42 Å². The van der Waals surface area contributed by atoms with Gasteiger partial charge >= 0.3 is 0 Å². The van der Waals surface area contributed by atoms with Gasteiger partial charge < -0.3 is 8.98 Å². The van der Waals surface area contributed by atoms with E-state index in [-0.39, 0.29) is 5.41 Å². The number of para-hydroxylation sites is 1. The molecular weight excluding hydrogens is 763 g/mol. The van der Waals surface area contributed by atoms with Gasteiger partial charge in [-0.3, -0.25) is 0 Å². The monoisotopic (exact) mass is 801 g/mol. The van der Waals surface area contributed by atoms with Crippen molar-refractivity contribution in [2.24, 2.45) is 0 Å². The van der Waals surface area contributed by atoms with E-state index in [0.29, 0.717) is 0 Å². The summed E-state index contributed by atoms with van der Waals surface area (Å²) in [5.41, 5.74) is 15.7. The topological polar surface area (TPSA) is 18.1 Å². The molecule has 11 aromatic carbocycles. The fourth-order valence-electron chi connectivity index (χ4n) is 11.5. The molecule has 0 atom stereocenters. The number of fused-ring (bicyclic) bond motifs is 14. The first kappa shape index (κ1) is 34.7. The summed E-state index contributed by atoms with van der Waals surface area (Å²) in [6.45, 7) is 4.79. The van der Waals surface area contributed by atoms with Crippen LogP contribution in [-0.4, -0.2) is 4.57 Å². The van der Waals surface area contributed by atoms with Crippen molar-refractivity contribution < 1.29 is 4.42 Å². The second kappa shape index (κ2) is 12.6. The first-order chi connectivity index (χ1) is 31.0. The molecule has 2 nitrogen and oxygen atoms in total. The summed E-state index contributed by atoms with van der Waals surface area (Å²) in [5.74, 6) is 0. The zero-order chi connectivity index (χ0) is 41.6. The lowest BCUT2D eigenvalue weighted by atomic mass is 9.81. The average molecular weight is 802 g/mol. The highest BCUT2D eigenvalue weighted by molar-refractivity contribution is 6.24. The van der Waals surface area contributed by atoms with Crippen LogP contribution in [0.5, 0.6) is 0 Å². The van der Waals surface area contributed by atoms with Crippen molar-refractivity contribution >= 4 is 86.8 Å². The number of hydrogen-bond donors (Lipinski definition) is 0. The minimum Gasteiger partial charge on any atom is -0.456 e. The summed E-state index contributed by atoms with van der Waals surface area (Å²) in [4.78, 5) is 0. The minimum atomic E-state index is -0.161. The predicted molar refractivity (Wildman–Crippen MR) is 267 cm³/mol. The molecule has 0 N–H and O–H groups in total. The van der Waals surface area contributed by atoms with Crippen LogP contribution in [0.1, 0.15) is 25.0 Å². The molecular formula is C61H39NO. The maximum absolute atomic E-state index is 6.56. The first-order valence-electron chi connectivity index (χ1n) is 22.0. The van der Waals surface area contributed by atoms with Crippen LogP contribution in [0.25, 0.3) is 126 Å². The van der Waals surface area contributed by atoms with Crippen LogP contribution in [0.4, 0.5) is 0 Å². The smallest absolute Gasteiger partial charge is 0.136 e. The molecule has 294 valence electrons. The molecule has 14 rings (SSSR count).